The Balaban J connectivity index is 2.72. The van der Waals surface area contributed by atoms with E-state index in [1.807, 2.05) is 0 Å². The molecule has 0 saturated heterocycles. The van der Waals surface area contributed by atoms with Crippen LogP contribution in [0.3, 0.4) is 0 Å². The van der Waals surface area contributed by atoms with Crippen molar-refractivity contribution in [1.29, 1.82) is 0 Å². The normalized spacial score (nSPS) is 9.69. The molecule has 0 heterocycles. The zero-order valence-corrected chi connectivity index (χ0v) is 6.55. The van der Waals surface area contributed by atoms with Gasteiger partial charge in [-0.3, -0.25) is 4.79 Å². The molecule has 0 bridgehead atoms. The van der Waals surface area contributed by atoms with Gasteiger partial charge in [0.05, 0.1) is 5.69 Å². The lowest BCUT2D eigenvalue weighted by Gasteiger charge is -2.03. The van der Waals surface area contributed by atoms with Gasteiger partial charge >= 0.3 is 5.97 Å². The van der Waals surface area contributed by atoms with Crippen molar-refractivity contribution in [1.82, 2.24) is 0 Å². The van der Waals surface area contributed by atoms with Crippen LogP contribution >= 0.6 is 0 Å². The molecule has 1 rings (SSSR count). The minimum absolute atomic E-state index is 0.0243. The lowest BCUT2D eigenvalue weighted by Crippen LogP contribution is -2.13. The molecule has 2 N–H and O–H groups in total. The highest BCUT2D eigenvalue weighted by atomic mass is 19.1. The maximum absolute atomic E-state index is 12.8. The topological polar surface area (TPSA) is 49.3 Å². The summed E-state index contributed by atoms with van der Waals surface area (Å²) in [5.41, 5.74) is -0.0243. The van der Waals surface area contributed by atoms with E-state index in [0.717, 1.165) is 12.1 Å². The number of anilines is 1. The number of carboxylic acids is 1. The second-order valence-corrected chi connectivity index (χ2v) is 2.37. The number of carbonyl (C=O) groups is 1. The Labute approximate surface area is 73.0 Å². The van der Waals surface area contributed by atoms with Crippen LogP contribution in [0.2, 0.25) is 0 Å². The van der Waals surface area contributed by atoms with Gasteiger partial charge in [-0.2, -0.15) is 0 Å². The third kappa shape index (κ3) is 2.70. The first-order valence-electron chi connectivity index (χ1n) is 3.50. The Morgan fingerprint density at radius 3 is 2.69 bits per heavy atom. The number of hydrogen-bond acceptors (Lipinski definition) is 2. The fourth-order valence-corrected chi connectivity index (χ4v) is 0.804. The minimum atomic E-state index is -1.11. The molecular formula is C8H7F2NO2. The molecule has 1 aromatic rings. The van der Waals surface area contributed by atoms with Crippen molar-refractivity contribution in [2.24, 2.45) is 0 Å². The molecule has 0 aliphatic rings. The summed E-state index contributed by atoms with van der Waals surface area (Å²) in [4.78, 5) is 10.1. The van der Waals surface area contributed by atoms with Crippen molar-refractivity contribution in [3.8, 4) is 0 Å². The summed E-state index contributed by atoms with van der Waals surface area (Å²) >= 11 is 0. The minimum Gasteiger partial charge on any atom is -0.480 e. The third-order valence-corrected chi connectivity index (χ3v) is 1.36. The summed E-state index contributed by atoms with van der Waals surface area (Å²) in [6, 6.07) is 2.88. The van der Waals surface area contributed by atoms with E-state index in [2.05, 4.69) is 5.32 Å². The average molecular weight is 187 g/mol. The zero-order chi connectivity index (χ0) is 9.84. The van der Waals surface area contributed by atoms with E-state index in [4.69, 9.17) is 5.11 Å². The van der Waals surface area contributed by atoms with Crippen LogP contribution in [0.4, 0.5) is 14.5 Å². The molecule has 0 saturated carbocycles. The van der Waals surface area contributed by atoms with Gasteiger partial charge in [0.15, 0.2) is 0 Å². The van der Waals surface area contributed by atoms with E-state index in [0.29, 0.717) is 6.07 Å². The van der Waals surface area contributed by atoms with Gasteiger partial charge in [0.25, 0.3) is 0 Å². The Bertz CT molecular complexity index is 328. The highest BCUT2D eigenvalue weighted by Crippen LogP contribution is 2.14. The predicted molar refractivity (Wildman–Crippen MR) is 42.5 cm³/mol. The van der Waals surface area contributed by atoms with E-state index < -0.39 is 24.1 Å². The quantitative estimate of drug-likeness (QED) is 0.753. The van der Waals surface area contributed by atoms with Gasteiger partial charge in [-0.15, -0.1) is 0 Å². The highest BCUT2D eigenvalue weighted by molar-refractivity contribution is 5.72. The number of rotatable bonds is 3. The molecule has 0 fully saturated rings. The van der Waals surface area contributed by atoms with Crippen molar-refractivity contribution >= 4 is 11.7 Å². The van der Waals surface area contributed by atoms with Crippen molar-refractivity contribution in [3.05, 3.63) is 29.8 Å². The Kier molecular flexibility index (Phi) is 2.79. The number of carboxylic acid groups (broad SMARTS) is 1. The number of nitrogens with one attached hydrogen (secondary N) is 1. The molecular weight excluding hydrogens is 180 g/mol. The number of aliphatic carboxylic acids is 1. The van der Waals surface area contributed by atoms with Crippen molar-refractivity contribution < 1.29 is 18.7 Å². The van der Waals surface area contributed by atoms with Crippen LogP contribution in [0, 0.1) is 11.6 Å². The second-order valence-electron chi connectivity index (χ2n) is 2.37. The lowest BCUT2D eigenvalue weighted by molar-refractivity contribution is -0.134. The van der Waals surface area contributed by atoms with E-state index in [1.54, 1.807) is 0 Å². The summed E-state index contributed by atoms with van der Waals surface area (Å²) in [5, 5.41) is 10.6. The van der Waals surface area contributed by atoms with Crippen LogP contribution in [0.5, 0.6) is 0 Å². The summed E-state index contributed by atoms with van der Waals surface area (Å²) in [7, 11) is 0. The summed E-state index contributed by atoms with van der Waals surface area (Å²) in [5.74, 6) is -2.61. The number of hydrogen-bond donors (Lipinski definition) is 2. The zero-order valence-electron chi connectivity index (χ0n) is 6.55. The van der Waals surface area contributed by atoms with E-state index in [9.17, 15) is 13.6 Å². The smallest absolute Gasteiger partial charge is 0.322 e. The van der Waals surface area contributed by atoms with Crippen LogP contribution < -0.4 is 5.32 Å². The molecule has 0 aromatic heterocycles. The van der Waals surface area contributed by atoms with Crippen molar-refractivity contribution in [2.45, 2.75) is 0 Å². The molecule has 0 radical (unpaired) electrons. The van der Waals surface area contributed by atoms with Crippen LogP contribution in [0.1, 0.15) is 0 Å². The van der Waals surface area contributed by atoms with Crippen LogP contribution in [-0.4, -0.2) is 17.6 Å². The maximum Gasteiger partial charge on any atom is 0.322 e. The molecule has 0 aliphatic carbocycles. The fraction of sp³-hybridized carbons (Fsp3) is 0.125. The Hall–Kier alpha value is -1.65. The van der Waals surface area contributed by atoms with E-state index in [-0.39, 0.29) is 5.69 Å². The summed E-state index contributed by atoms with van der Waals surface area (Å²) in [6.45, 7) is -0.400. The van der Waals surface area contributed by atoms with Gasteiger partial charge in [-0.05, 0) is 12.1 Å². The molecule has 1 aromatic carbocycles. The Morgan fingerprint density at radius 1 is 1.46 bits per heavy atom. The van der Waals surface area contributed by atoms with Crippen LogP contribution in [0.15, 0.2) is 18.2 Å². The van der Waals surface area contributed by atoms with Crippen molar-refractivity contribution in [2.75, 3.05) is 11.9 Å². The molecule has 5 heteroatoms. The molecule has 70 valence electrons. The molecule has 0 spiro atoms. The van der Waals surface area contributed by atoms with Gasteiger partial charge in [-0.25, -0.2) is 8.78 Å². The highest BCUT2D eigenvalue weighted by Gasteiger charge is 2.04. The standard InChI is InChI=1S/C8H7F2NO2/c9-5-1-2-7(6(10)3-5)11-4-8(12)13/h1-3,11H,4H2,(H,12,13). The van der Waals surface area contributed by atoms with E-state index >= 15 is 0 Å². The monoisotopic (exact) mass is 187 g/mol. The van der Waals surface area contributed by atoms with Crippen LogP contribution in [0.25, 0.3) is 0 Å². The fourth-order valence-electron chi connectivity index (χ4n) is 0.804. The molecule has 0 aliphatic heterocycles. The lowest BCUT2D eigenvalue weighted by atomic mass is 10.3. The third-order valence-electron chi connectivity index (χ3n) is 1.36. The second kappa shape index (κ2) is 3.84. The van der Waals surface area contributed by atoms with Gasteiger partial charge in [0, 0.05) is 6.07 Å². The van der Waals surface area contributed by atoms with Crippen molar-refractivity contribution in [3.63, 3.8) is 0 Å². The van der Waals surface area contributed by atoms with Gasteiger partial charge in [-0.1, -0.05) is 0 Å². The molecule has 0 atom stereocenters. The Morgan fingerprint density at radius 2 is 2.15 bits per heavy atom. The van der Waals surface area contributed by atoms with Crippen LogP contribution in [-0.2, 0) is 4.79 Å². The number of benzene rings is 1. The SMILES string of the molecule is O=C(O)CNc1ccc(F)cc1F. The molecule has 3 nitrogen and oxygen atoms in total. The first kappa shape index (κ1) is 9.44. The summed E-state index contributed by atoms with van der Waals surface area (Å²) in [6.07, 6.45) is 0. The van der Waals surface area contributed by atoms with Gasteiger partial charge in [0.2, 0.25) is 0 Å². The molecule has 0 amide bonds. The first-order valence-corrected chi connectivity index (χ1v) is 3.50. The molecule has 13 heavy (non-hydrogen) atoms. The number of halogens is 2. The average Bonchev–Trinajstić information content (AvgIpc) is 2.02. The first-order chi connectivity index (χ1) is 6.09. The van der Waals surface area contributed by atoms with Gasteiger partial charge < -0.3 is 10.4 Å². The molecule has 0 unspecified atom stereocenters. The largest absolute Gasteiger partial charge is 0.480 e. The maximum atomic E-state index is 12.8. The van der Waals surface area contributed by atoms with Gasteiger partial charge in [0.1, 0.15) is 18.2 Å². The predicted octanol–water partition coefficient (Wildman–Crippen LogP) is 1.46. The van der Waals surface area contributed by atoms with E-state index in [1.165, 1.54) is 0 Å². The summed E-state index contributed by atoms with van der Waals surface area (Å²) < 4.78 is 25.2.